The van der Waals surface area contributed by atoms with Crippen molar-refractivity contribution >= 4 is 29.5 Å². The Morgan fingerprint density at radius 2 is 1.56 bits per heavy atom. The Balaban J connectivity index is 1.38. The summed E-state index contributed by atoms with van der Waals surface area (Å²) in [6, 6.07) is 12.6. The van der Waals surface area contributed by atoms with Gasteiger partial charge in [-0.15, -0.1) is 11.8 Å². The predicted molar refractivity (Wildman–Crippen MR) is 236 cm³/mol. The van der Waals surface area contributed by atoms with Gasteiger partial charge in [0.2, 0.25) is 17.7 Å². The van der Waals surface area contributed by atoms with Crippen LogP contribution in [0.4, 0.5) is 8.78 Å². The summed E-state index contributed by atoms with van der Waals surface area (Å²) < 4.78 is 53.6. The van der Waals surface area contributed by atoms with Crippen LogP contribution >= 0.6 is 11.8 Å². The summed E-state index contributed by atoms with van der Waals surface area (Å²) in [7, 11) is 1.74. The molecular formula is C45H68F2N6O7S. The summed E-state index contributed by atoms with van der Waals surface area (Å²) in [5.74, 6) is 0.111. The van der Waals surface area contributed by atoms with E-state index >= 15 is 4.39 Å². The number of hydrogen-bond acceptors (Lipinski definition) is 10. The third-order valence-electron chi connectivity index (χ3n) is 9.87. The lowest BCUT2D eigenvalue weighted by Crippen LogP contribution is -2.44. The molecular weight excluding hydrogens is 807 g/mol. The monoisotopic (exact) mass is 874 g/mol. The van der Waals surface area contributed by atoms with E-state index in [0.717, 1.165) is 30.2 Å². The zero-order valence-electron chi connectivity index (χ0n) is 37.0. The van der Waals surface area contributed by atoms with Gasteiger partial charge in [0.15, 0.2) is 0 Å². The molecule has 0 fully saturated rings. The molecule has 0 saturated heterocycles. The van der Waals surface area contributed by atoms with Gasteiger partial charge in [0.25, 0.3) is 0 Å². The zero-order chi connectivity index (χ0) is 44.6. The fourth-order valence-corrected chi connectivity index (χ4v) is 7.15. The third-order valence-corrected chi connectivity index (χ3v) is 10.8. The second-order valence-corrected chi connectivity index (χ2v) is 17.0. The first kappa shape index (κ1) is 51.4. The van der Waals surface area contributed by atoms with E-state index in [4.69, 9.17) is 29.7 Å². The van der Waals surface area contributed by atoms with Crippen LogP contribution in [0.25, 0.3) is 11.3 Å². The molecule has 3 aromatic rings. The molecule has 2 unspecified atom stereocenters. The molecule has 3 rings (SSSR count). The highest BCUT2D eigenvalue weighted by Crippen LogP contribution is 2.40. The molecule has 0 radical (unpaired) electrons. The molecule has 0 saturated carbocycles. The molecule has 0 aliphatic rings. The van der Waals surface area contributed by atoms with Gasteiger partial charge in [0.05, 0.1) is 70.3 Å². The summed E-state index contributed by atoms with van der Waals surface area (Å²) in [5, 5.41) is 2.81. The van der Waals surface area contributed by atoms with Gasteiger partial charge in [-0.25, -0.2) is 13.8 Å². The first-order valence-electron chi connectivity index (χ1n) is 21.2. The molecule has 2 atom stereocenters. The third kappa shape index (κ3) is 18.5. The van der Waals surface area contributed by atoms with Crippen LogP contribution in [0.2, 0.25) is 0 Å². The van der Waals surface area contributed by atoms with Gasteiger partial charge in [0, 0.05) is 63.1 Å². The quantitative estimate of drug-likeness (QED) is 0.0770. The van der Waals surface area contributed by atoms with Crippen molar-refractivity contribution in [3.63, 3.8) is 0 Å². The lowest BCUT2D eigenvalue weighted by atomic mass is 9.84. The Bertz CT molecular complexity index is 1750. The second-order valence-electron chi connectivity index (χ2n) is 15.9. The number of nitrogens with zero attached hydrogens (tertiary/aromatic N) is 4. The highest BCUT2D eigenvalue weighted by atomic mass is 32.2. The number of thioether (sulfide) groups is 1. The molecule has 1 heterocycles. The fourth-order valence-electron chi connectivity index (χ4n) is 6.43. The van der Waals surface area contributed by atoms with Gasteiger partial charge >= 0.3 is 0 Å². The molecule has 0 aliphatic heterocycles. The van der Waals surface area contributed by atoms with Gasteiger partial charge < -0.3 is 44.4 Å². The Labute approximate surface area is 365 Å². The molecule has 16 heteroatoms. The van der Waals surface area contributed by atoms with Gasteiger partial charge in [-0.2, -0.15) is 0 Å². The van der Waals surface area contributed by atoms with Gasteiger partial charge in [-0.1, -0.05) is 65.0 Å². The molecule has 3 amide bonds. The van der Waals surface area contributed by atoms with Crippen molar-refractivity contribution in [3.05, 3.63) is 77.8 Å². The Kier molecular flexibility index (Phi) is 23.5. The maximum atomic E-state index is 15.0. The summed E-state index contributed by atoms with van der Waals surface area (Å²) in [6.07, 6.45) is 3.34. The Morgan fingerprint density at radius 3 is 2.18 bits per heavy atom. The molecule has 340 valence electrons. The normalized spacial score (nSPS) is 12.6. The number of aromatic nitrogens is 2. The van der Waals surface area contributed by atoms with Crippen molar-refractivity contribution in [2.24, 2.45) is 17.1 Å². The van der Waals surface area contributed by atoms with Crippen LogP contribution in [0.15, 0.2) is 54.7 Å². The molecule has 0 aliphatic carbocycles. The van der Waals surface area contributed by atoms with E-state index in [1.165, 1.54) is 11.8 Å². The van der Waals surface area contributed by atoms with Crippen LogP contribution in [0, 0.1) is 23.0 Å². The summed E-state index contributed by atoms with van der Waals surface area (Å²) in [4.78, 5) is 46.5. The van der Waals surface area contributed by atoms with E-state index in [1.54, 1.807) is 18.1 Å². The minimum atomic E-state index is -0.581. The largest absolute Gasteiger partial charge is 0.379 e. The number of carbonyl (C=O) groups is 3. The van der Waals surface area contributed by atoms with E-state index < -0.39 is 23.1 Å². The van der Waals surface area contributed by atoms with E-state index in [9.17, 15) is 18.8 Å². The lowest BCUT2D eigenvalue weighted by molar-refractivity contribution is -0.134. The highest BCUT2D eigenvalue weighted by Gasteiger charge is 2.38. The molecule has 2 aromatic carbocycles. The Morgan fingerprint density at radius 1 is 0.918 bits per heavy atom. The second kappa shape index (κ2) is 27.9. The average Bonchev–Trinajstić information content (AvgIpc) is 3.63. The summed E-state index contributed by atoms with van der Waals surface area (Å²) in [5.41, 5.74) is 6.81. The number of halogens is 2. The number of rotatable bonds is 30. The van der Waals surface area contributed by atoms with Crippen molar-refractivity contribution in [1.29, 1.82) is 0 Å². The van der Waals surface area contributed by atoms with Crippen molar-refractivity contribution in [3.8, 4) is 11.3 Å². The van der Waals surface area contributed by atoms with E-state index in [0.29, 0.717) is 103 Å². The first-order valence-corrected chi connectivity index (χ1v) is 22.4. The van der Waals surface area contributed by atoms with Crippen molar-refractivity contribution < 1.29 is 42.1 Å². The number of nitrogens with one attached hydrogen (secondary N) is 1. The minimum Gasteiger partial charge on any atom is -0.379 e. The van der Waals surface area contributed by atoms with Crippen molar-refractivity contribution in [2.75, 3.05) is 97.6 Å². The predicted octanol–water partition coefficient (Wildman–Crippen LogP) is 5.95. The number of imidazole rings is 1. The number of likely N-dealkylation sites (N-methyl/N-ethyl adjacent to an activating group) is 1. The van der Waals surface area contributed by atoms with E-state index in [-0.39, 0.29) is 48.0 Å². The molecule has 61 heavy (non-hydrogen) atoms. The molecule has 0 bridgehead atoms. The summed E-state index contributed by atoms with van der Waals surface area (Å²) in [6.45, 7) is 15.2. The van der Waals surface area contributed by atoms with Crippen LogP contribution < -0.4 is 11.1 Å². The smallest absolute Gasteiger partial charge is 0.233 e. The molecule has 1 aromatic heterocycles. The fraction of sp³-hybridized carbons (Fsp3) is 0.600. The van der Waals surface area contributed by atoms with E-state index in [2.05, 4.69) is 5.32 Å². The molecule has 13 nitrogen and oxygen atoms in total. The van der Waals surface area contributed by atoms with E-state index in [1.807, 2.05) is 74.4 Å². The van der Waals surface area contributed by atoms with Crippen molar-refractivity contribution in [2.45, 2.75) is 66.5 Å². The molecule has 3 N–H and O–H groups in total. The van der Waals surface area contributed by atoms with Crippen molar-refractivity contribution in [1.82, 2.24) is 24.7 Å². The number of amides is 3. The number of nitrogens with two attached hydrogens (primary N) is 1. The van der Waals surface area contributed by atoms with Crippen LogP contribution in [-0.2, 0) is 39.9 Å². The zero-order valence-corrected chi connectivity index (χ0v) is 37.8. The maximum absolute atomic E-state index is 15.0. The molecule has 0 spiro atoms. The number of benzene rings is 2. The average molecular weight is 875 g/mol. The highest BCUT2D eigenvalue weighted by molar-refractivity contribution is 7.99. The minimum absolute atomic E-state index is 0.0247. The van der Waals surface area contributed by atoms with Crippen LogP contribution in [0.3, 0.4) is 0 Å². The summed E-state index contributed by atoms with van der Waals surface area (Å²) >= 11 is 1.48. The number of ether oxygens (including phenoxy) is 4. The number of carbonyl (C=O) groups excluding carboxylic acids is 3. The first-order chi connectivity index (χ1) is 29.3. The number of hydrogen-bond donors (Lipinski definition) is 2. The van der Waals surface area contributed by atoms with Gasteiger partial charge in [-0.3, -0.25) is 14.4 Å². The standard InChI is InChI=1S/C45H68F2N6O7S/c1-7-34(2)44(56)51(6)20-18-49-40(54)16-21-57-22-23-58-24-25-59-26-27-60-28-29-61-33-41(55)53(19-11-17-48)42(45(3,4)5)43-50-39(37-30-36(46)14-15-38(37)47)32-52(43)31-35-12-9-8-10-13-35/h8-10,12-15,30,32,34,42H,7,11,16-29,31,33,48H2,1-6H3,(H,49,54). The van der Waals surface area contributed by atoms with Crippen LogP contribution in [0.5, 0.6) is 0 Å². The SMILES string of the molecule is CCC(C)C(=O)N(C)CCNC(=O)CCOCCOCCOCCOCCSCC(=O)N(CCCN)C(c1nc(-c2cc(F)ccc2F)cn1Cc1ccccc1)C(C)(C)C. The van der Waals surface area contributed by atoms with Gasteiger partial charge in [0.1, 0.15) is 17.5 Å². The van der Waals surface area contributed by atoms with Gasteiger partial charge in [-0.05, 0) is 48.6 Å². The van der Waals surface area contributed by atoms with Crippen LogP contribution in [0.1, 0.15) is 71.3 Å². The maximum Gasteiger partial charge on any atom is 0.233 e. The Hall–Kier alpha value is -3.93. The lowest BCUT2D eigenvalue weighted by Gasteiger charge is -2.40. The topological polar surface area (TPSA) is 150 Å². The van der Waals surface area contributed by atoms with Crippen LogP contribution in [-0.4, -0.2) is 135 Å².